The molecular weight excluding hydrogens is 335 g/mol. The summed E-state index contributed by atoms with van der Waals surface area (Å²) in [6.07, 6.45) is 0. The molecule has 132 valence electrons. The number of non-ortho nitro benzene ring substituents is 1. The van der Waals surface area contributed by atoms with E-state index in [0.29, 0.717) is 24.6 Å². The number of benzene rings is 3. The van der Waals surface area contributed by atoms with Gasteiger partial charge in [0.05, 0.1) is 4.92 Å². The van der Waals surface area contributed by atoms with Gasteiger partial charge in [0.1, 0.15) is 18.2 Å². The van der Waals surface area contributed by atoms with Gasteiger partial charge < -0.3 is 10.1 Å². The Hall–Kier alpha value is -3.41. The van der Waals surface area contributed by atoms with Gasteiger partial charge in [0.2, 0.25) is 0 Å². The molecule has 0 heterocycles. The maximum Gasteiger partial charge on any atom is 0.271 e. The second-order valence-electron chi connectivity index (χ2n) is 5.72. The number of hydrogen-bond donors (Lipinski definition) is 1. The molecular formula is C20H17FN2O3. The van der Waals surface area contributed by atoms with E-state index in [1.54, 1.807) is 24.3 Å². The van der Waals surface area contributed by atoms with Crippen LogP contribution in [0.15, 0.2) is 72.8 Å². The molecule has 3 rings (SSSR count). The van der Waals surface area contributed by atoms with Crippen LogP contribution in [-0.4, -0.2) is 4.92 Å². The Morgan fingerprint density at radius 3 is 2.50 bits per heavy atom. The molecule has 3 aromatic rings. The summed E-state index contributed by atoms with van der Waals surface area (Å²) in [7, 11) is 0. The highest BCUT2D eigenvalue weighted by atomic mass is 19.1. The van der Waals surface area contributed by atoms with E-state index >= 15 is 0 Å². The molecule has 0 fully saturated rings. The van der Waals surface area contributed by atoms with Gasteiger partial charge in [0.15, 0.2) is 0 Å². The summed E-state index contributed by atoms with van der Waals surface area (Å²) in [5.41, 5.74) is 2.59. The Kier molecular flexibility index (Phi) is 5.43. The van der Waals surface area contributed by atoms with Crippen molar-refractivity contribution < 1.29 is 14.1 Å². The number of nitrogens with one attached hydrogen (secondary N) is 1. The van der Waals surface area contributed by atoms with Gasteiger partial charge in [-0.3, -0.25) is 10.1 Å². The van der Waals surface area contributed by atoms with E-state index in [0.717, 1.165) is 11.1 Å². The van der Waals surface area contributed by atoms with Crippen molar-refractivity contribution in [1.29, 1.82) is 0 Å². The second kappa shape index (κ2) is 8.11. The first kappa shape index (κ1) is 17.4. The van der Waals surface area contributed by atoms with Crippen LogP contribution in [0.5, 0.6) is 5.75 Å². The molecule has 0 atom stereocenters. The van der Waals surface area contributed by atoms with Crippen LogP contribution in [0.2, 0.25) is 0 Å². The molecule has 0 saturated heterocycles. The third-order valence-corrected chi connectivity index (χ3v) is 3.77. The van der Waals surface area contributed by atoms with Crippen molar-refractivity contribution in [3.8, 4) is 5.75 Å². The maximum atomic E-state index is 12.9. The highest BCUT2D eigenvalue weighted by Crippen LogP contribution is 2.19. The van der Waals surface area contributed by atoms with Crippen LogP contribution >= 0.6 is 0 Å². The summed E-state index contributed by atoms with van der Waals surface area (Å²) < 4.78 is 18.6. The highest BCUT2D eigenvalue weighted by molar-refractivity contribution is 5.51. The molecule has 0 unspecified atom stereocenters. The first-order valence-corrected chi connectivity index (χ1v) is 8.05. The standard InChI is InChI=1S/C20H17FN2O3/c21-17-9-7-15(8-10-17)14-26-20-6-1-3-16(11-20)13-22-18-4-2-5-19(12-18)23(24)25/h1-12,22H,13-14H2. The molecule has 6 heteroatoms. The fraction of sp³-hybridized carbons (Fsp3) is 0.100. The largest absolute Gasteiger partial charge is 0.489 e. The number of nitrogens with zero attached hydrogens (tertiary/aromatic N) is 1. The van der Waals surface area contributed by atoms with E-state index < -0.39 is 4.92 Å². The lowest BCUT2D eigenvalue weighted by atomic mass is 10.2. The Morgan fingerprint density at radius 2 is 1.73 bits per heavy atom. The van der Waals surface area contributed by atoms with Crippen LogP contribution in [0.3, 0.4) is 0 Å². The van der Waals surface area contributed by atoms with Crippen LogP contribution < -0.4 is 10.1 Å². The summed E-state index contributed by atoms with van der Waals surface area (Å²) in [6, 6.07) is 20.1. The molecule has 0 aliphatic heterocycles. The Labute approximate surface area is 150 Å². The van der Waals surface area contributed by atoms with E-state index in [-0.39, 0.29) is 11.5 Å². The monoisotopic (exact) mass is 352 g/mol. The van der Waals surface area contributed by atoms with E-state index in [1.807, 2.05) is 24.3 Å². The number of nitro benzene ring substituents is 1. The first-order chi connectivity index (χ1) is 12.6. The van der Waals surface area contributed by atoms with Crippen LogP contribution in [0.25, 0.3) is 0 Å². The predicted molar refractivity (Wildman–Crippen MR) is 97.6 cm³/mol. The average molecular weight is 352 g/mol. The maximum absolute atomic E-state index is 12.9. The molecule has 26 heavy (non-hydrogen) atoms. The van der Waals surface area contributed by atoms with Gasteiger partial charge in [-0.15, -0.1) is 0 Å². The van der Waals surface area contributed by atoms with Gasteiger partial charge in [-0.25, -0.2) is 4.39 Å². The second-order valence-corrected chi connectivity index (χ2v) is 5.72. The minimum absolute atomic E-state index is 0.0476. The lowest BCUT2D eigenvalue weighted by Crippen LogP contribution is -2.01. The fourth-order valence-corrected chi connectivity index (χ4v) is 2.43. The smallest absolute Gasteiger partial charge is 0.271 e. The minimum Gasteiger partial charge on any atom is -0.489 e. The first-order valence-electron chi connectivity index (χ1n) is 8.05. The molecule has 0 bridgehead atoms. The van der Waals surface area contributed by atoms with E-state index in [2.05, 4.69) is 5.32 Å². The predicted octanol–water partition coefficient (Wildman–Crippen LogP) is 4.93. The quantitative estimate of drug-likeness (QED) is 0.484. The zero-order valence-corrected chi connectivity index (χ0v) is 13.9. The summed E-state index contributed by atoms with van der Waals surface area (Å²) >= 11 is 0. The van der Waals surface area contributed by atoms with Crippen LogP contribution in [0.4, 0.5) is 15.8 Å². The molecule has 0 radical (unpaired) electrons. The average Bonchev–Trinajstić information content (AvgIpc) is 2.66. The van der Waals surface area contributed by atoms with Gasteiger partial charge in [-0.05, 0) is 41.5 Å². The van der Waals surface area contributed by atoms with Crippen molar-refractivity contribution in [2.24, 2.45) is 0 Å². The zero-order chi connectivity index (χ0) is 18.4. The lowest BCUT2D eigenvalue weighted by molar-refractivity contribution is -0.384. The zero-order valence-electron chi connectivity index (χ0n) is 13.9. The molecule has 0 spiro atoms. The minimum atomic E-state index is -0.422. The summed E-state index contributed by atoms with van der Waals surface area (Å²) in [5, 5.41) is 14.0. The number of halogens is 1. The Balaban J connectivity index is 1.59. The number of anilines is 1. The molecule has 0 aromatic heterocycles. The summed E-state index contributed by atoms with van der Waals surface area (Å²) in [5.74, 6) is 0.427. The number of hydrogen-bond acceptors (Lipinski definition) is 4. The van der Waals surface area contributed by atoms with Gasteiger partial charge in [0.25, 0.3) is 5.69 Å². The van der Waals surface area contributed by atoms with Gasteiger partial charge >= 0.3 is 0 Å². The van der Waals surface area contributed by atoms with E-state index in [9.17, 15) is 14.5 Å². The number of ether oxygens (including phenoxy) is 1. The SMILES string of the molecule is O=[N+]([O-])c1cccc(NCc2cccc(OCc3ccc(F)cc3)c2)c1. The van der Waals surface area contributed by atoms with Gasteiger partial charge in [0, 0.05) is 24.4 Å². The van der Waals surface area contributed by atoms with Crippen LogP contribution in [-0.2, 0) is 13.2 Å². The Morgan fingerprint density at radius 1 is 0.962 bits per heavy atom. The summed E-state index contributed by atoms with van der Waals surface area (Å²) in [6.45, 7) is 0.858. The normalized spacial score (nSPS) is 10.3. The van der Waals surface area contributed by atoms with Gasteiger partial charge in [-0.1, -0.05) is 30.3 Å². The highest BCUT2D eigenvalue weighted by Gasteiger charge is 2.05. The summed E-state index contributed by atoms with van der Waals surface area (Å²) in [4.78, 5) is 10.4. The van der Waals surface area contributed by atoms with Crippen molar-refractivity contribution in [3.63, 3.8) is 0 Å². The molecule has 0 amide bonds. The van der Waals surface area contributed by atoms with Crippen molar-refractivity contribution in [1.82, 2.24) is 0 Å². The Bertz CT molecular complexity index is 898. The van der Waals surface area contributed by atoms with Crippen molar-refractivity contribution in [2.75, 3.05) is 5.32 Å². The van der Waals surface area contributed by atoms with Crippen molar-refractivity contribution in [3.05, 3.63) is 99.9 Å². The molecule has 0 aliphatic carbocycles. The molecule has 0 aliphatic rings. The molecule has 1 N–H and O–H groups in total. The third-order valence-electron chi connectivity index (χ3n) is 3.77. The lowest BCUT2D eigenvalue weighted by Gasteiger charge is -2.10. The van der Waals surface area contributed by atoms with E-state index in [4.69, 9.17) is 4.74 Å². The number of rotatable bonds is 7. The number of nitro groups is 1. The fourth-order valence-electron chi connectivity index (χ4n) is 2.43. The van der Waals surface area contributed by atoms with Crippen molar-refractivity contribution >= 4 is 11.4 Å². The van der Waals surface area contributed by atoms with E-state index in [1.165, 1.54) is 24.3 Å². The van der Waals surface area contributed by atoms with Crippen LogP contribution in [0.1, 0.15) is 11.1 Å². The topological polar surface area (TPSA) is 64.4 Å². The molecule has 3 aromatic carbocycles. The molecule has 0 saturated carbocycles. The van der Waals surface area contributed by atoms with Crippen molar-refractivity contribution in [2.45, 2.75) is 13.2 Å². The van der Waals surface area contributed by atoms with Gasteiger partial charge in [-0.2, -0.15) is 0 Å². The van der Waals surface area contributed by atoms with Crippen LogP contribution in [0, 0.1) is 15.9 Å². The molecule has 5 nitrogen and oxygen atoms in total. The third kappa shape index (κ3) is 4.80.